The normalized spacial score (nSPS) is 26.5. The number of sulfonamides is 1. The maximum absolute atomic E-state index is 13.4. The summed E-state index contributed by atoms with van der Waals surface area (Å²) in [6.45, 7) is 0.529. The molecule has 0 amide bonds. The minimum absolute atomic E-state index is 0.0601. The van der Waals surface area contributed by atoms with Crippen LogP contribution < -0.4 is 4.90 Å². The number of aliphatic hydroxyl groups excluding tert-OH is 1. The smallest absolute Gasteiger partial charge is 0.393 e. The second kappa shape index (κ2) is 11.5. The Kier molecular flexibility index (Phi) is 8.60. The Morgan fingerprint density at radius 2 is 1.56 bits per heavy atom. The summed E-state index contributed by atoms with van der Waals surface area (Å²) >= 11 is 5.80. The van der Waals surface area contributed by atoms with Crippen molar-refractivity contribution in [3.63, 3.8) is 0 Å². The molecule has 19 heteroatoms. The highest BCUT2D eigenvalue weighted by Crippen LogP contribution is 2.49. The van der Waals surface area contributed by atoms with Gasteiger partial charge in [-0.05, 0) is 25.0 Å². The summed E-state index contributed by atoms with van der Waals surface area (Å²) in [7, 11) is -4.07. The Balaban J connectivity index is 1.46. The van der Waals surface area contributed by atoms with Gasteiger partial charge in [-0.15, -0.1) is 0 Å². The van der Waals surface area contributed by atoms with Crippen LogP contribution in [-0.4, -0.2) is 119 Å². The summed E-state index contributed by atoms with van der Waals surface area (Å²) in [5.74, 6) is -0.246. The van der Waals surface area contributed by atoms with Gasteiger partial charge in [0.15, 0.2) is 0 Å². The molecular formula is C24H27ClF6N6O5S. The van der Waals surface area contributed by atoms with Crippen LogP contribution in [-0.2, 0) is 20.4 Å². The van der Waals surface area contributed by atoms with Crippen LogP contribution >= 0.6 is 11.6 Å². The number of alkyl halides is 6. The number of hydrogen-bond acceptors (Lipinski definition) is 10. The molecule has 11 nitrogen and oxygen atoms in total. The third-order valence-electron chi connectivity index (χ3n) is 7.99. The van der Waals surface area contributed by atoms with Crippen LogP contribution in [0.4, 0.5) is 32.3 Å². The van der Waals surface area contributed by atoms with Crippen molar-refractivity contribution in [1.82, 2.24) is 24.2 Å². The molecule has 3 atom stereocenters. The maximum atomic E-state index is 13.4. The second-order valence-corrected chi connectivity index (χ2v) is 13.0. The van der Waals surface area contributed by atoms with E-state index in [1.807, 2.05) is 0 Å². The number of rotatable bonds is 6. The first-order chi connectivity index (χ1) is 20.0. The van der Waals surface area contributed by atoms with Crippen LogP contribution in [0.3, 0.4) is 0 Å². The van der Waals surface area contributed by atoms with Crippen molar-refractivity contribution in [1.29, 1.82) is 0 Å². The number of aliphatic hydroxyl groups is 2. The standard InChI is InChI=1S/C24H27ClF6N6O5S/c25-20-2-1-19(9-32-20)43(40,41)35-3-4-36(17(10-35)11-37-15-5-18(38)6-16(37)13-42-12-15)21-33-7-14(8-34-21)22(39,23(26,27)28)24(29,30)31/h1-2,7-9,15-18,38-39H,3-6,10-13H2. The highest BCUT2D eigenvalue weighted by atomic mass is 35.5. The number of fused-ring (bicyclic) bond motifs is 2. The van der Waals surface area contributed by atoms with Gasteiger partial charge < -0.3 is 19.8 Å². The number of piperidine rings is 1. The molecule has 2 bridgehead atoms. The molecule has 0 spiro atoms. The Hall–Kier alpha value is -2.35. The van der Waals surface area contributed by atoms with Gasteiger partial charge in [0.1, 0.15) is 10.0 Å². The van der Waals surface area contributed by atoms with Crippen LogP contribution in [0.5, 0.6) is 0 Å². The summed E-state index contributed by atoms with van der Waals surface area (Å²) in [4.78, 5) is 14.8. The lowest BCUT2D eigenvalue weighted by Crippen LogP contribution is -2.64. The quantitative estimate of drug-likeness (QED) is 0.350. The molecule has 5 rings (SSSR count). The molecule has 3 unspecified atom stereocenters. The maximum Gasteiger partial charge on any atom is 0.430 e. The number of pyridine rings is 1. The molecule has 5 heterocycles. The van der Waals surface area contributed by atoms with E-state index < -0.39 is 45.7 Å². The zero-order valence-corrected chi connectivity index (χ0v) is 23.8. The average Bonchev–Trinajstić information content (AvgIpc) is 2.92. The molecule has 3 fully saturated rings. The van der Waals surface area contributed by atoms with E-state index in [1.165, 1.54) is 21.3 Å². The number of aromatic nitrogens is 3. The first kappa shape index (κ1) is 32.1. The van der Waals surface area contributed by atoms with E-state index in [0.717, 1.165) is 6.20 Å². The van der Waals surface area contributed by atoms with Crippen molar-refractivity contribution >= 4 is 27.6 Å². The highest BCUT2D eigenvalue weighted by molar-refractivity contribution is 7.89. The van der Waals surface area contributed by atoms with Gasteiger partial charge in [-0.25, -0.2) is 23.4 Å². The van der Waals surface area contributed by atoms with Crippen LogP contribution in [0.2, 0.25) is 5.15 Å². The van der Waals surface area contributed by atoms with Crippen molar-refractivity contribution in [3.8, 4) is 0 Å². The number of halogens is 7. The molecule has 2 aromatic rings. The Bertz CT molecular complexity index is 1370. The van der Waals surface area contributed by atoms with Gasteiger partial charge in [0.2, 0.25) is 16.0 Å². The summed E-state index contributed by atoms with van der Waals surface area (Å²) in [6.07, 6.45) is -10.3. The third-order valence-corrected chi connectivity index (χ3v) is 10.1. The number of piperazine rings is 1. The van der Waals surface area contributed by atoms with Crippen molar-refractivity contribution < 1.29 is 49.7 Å². The predicted molar refractivity (Wildman–Crippen MR) is 138 cm³/mol. The average molecular weight is 661 g/mol. The number of nitrogens with zero attached hydrogens (tertiary/aromatic N) is 6. The molecule has 238 valence electrons. The second-order valence-electron chi connectivity index (χ2n) is 10.7. The largest absolute Gasteiger partial charge is 0.430 e. The Labute approximate surface area is 247 Å². The van der Waals surface area contributed by atoms with Gasteiger partial charge in [0, 0.05) is 62.4 Å². The third kappa shape index (κ3) is 6.02. The van der Waals surface area contributed by atoms with Crippen LogP contribution in [0.15, 0.2) is 35.6 Å². The molecule has 0 aromatic carbocycles. The Morgan fingerprint density at radius 3 is 2.09 bits per heavy atom. The van der Waals surface area contributed by atoms with E-state index in [2.05, 4.69) is 19.9 Å². The summed E-state index contributed by atoms with van der Waals surface area (Å²) < 4.78 is 114. The van der Waals surface area contributed by atoms with Gasteiger partial charge >= 0.3 is 12.4 Å². The van der Waals surface area contributed by atoms with E-state index in [1.54, 1.807) is 0 Å². The molecule has 0 saturated carbocycles. The lowest BCUT2D eigenvalue weighted by Gasteiger charge is -2.50. The van der Waals surface area contributed by atoms with Gasteiger partial charge in [-0.1, -0.05) is 11.6 Å². The van der Waals surface area contributed by atoms with Gasteiger partial charge in [-0.3, -0.25) is 4.90 Å². The summed E-state index contributed by atoms with van der Waals surface area (Å²) in [5.41, 5.74) is -6.80. The van der Waals surface area contributed by atoms with E-state index in [4.69, 9.17) is 16.3 Å². The predicted octanol–water partition coefficient (Wildman–Crippen LogP) is 1.94. The van der Waals surface area contributed by atoms with E-state index in [9.17, 15) is 45.0 Å². The molecule has 2 aromatic heterocycles. The molecule has 3 aliphatic heterocycles. The molecule has 43 heavy (non-hydrogen) atoms. The lowest BCUT2D eigenvalue weighted by atomic mass is 9.91. The van der Waals surface area contributed by atoms with Crippen molar-refractivity contribution in [3.05, 3.63) is 41.4 Å². The fourth-order valence-electron chi connectivity index (χ4n) is 5.78. The van der Waals surface area contributed by atoms with E-state index >= 15 is 0 Å². The number of ether oxygens (including phenoxy) is 1. The minimum atomic E-state index is -6.10. The SMILES string of the molecule is O=S(=O)(c1ccc(Cl)nc1)N1CCN(c2ncc(C(O)(C(F)(F)F)C(F)(F)F)cn2)C(CN2C3COCC2CC(O)C3)C1. The van der Waals surface area contributed by atoms with Crippen LogP contribution in [0.1, 0.15) is 18.4 Å². The van der Waals surface area contributed by atoms with Crippen molar-refractivity contribution in [2.45, 2.75) is 59.9 Å². The van der Waals surface area contributed by atoms with Gasteiger partial charge in [0.25, 0.3) is 5.60 Å². The van der Waals surface area contributed by atoms with Crippen molar-refractivity contribution in [2.75, 3.05) is 44.3 Å². The fourth-order valence-corrected chi connectivity index (χ4v) is 7.30. The fraction of sp³-hybridized carbons (Fsp3) is 0.625. The zero-order chi connectivity index (χ0) is 31.4. The summed E-state index contributed by atoms with van der Waals surface area (Å²) in [6, 6.07) is 1.50. The molecule has 0 radical (unpaired) electrons. The topological polar surface area (TPSA) is 132 Å². The molecule has 2 N–H and O–H groups in total. The number of anilines is 1. The number of morpholine rings is 1. The lowest BCUT2D eigenvalue weighted by molar-refractivity contribution is -0.376. The van der Waals surface area contributed by atoms with Gasteiger partial charge in [0.05, 0.1) is 25.4 Å². The monoisotopic (exact) mass is 660 g/mol. The molecule has 0 aliphatic carbocycles. The van der Waals surface area contributed by atoms with E-state index in [0.29, 0.717) is 26.1 Å². The molecular weight excluding hydrogens is 634 g/mol. The molecule has 3 saturated heterocycles. The molecule has 3 aliphatic rings. The van der Waals surface area contributed by atoms with Crippen LogP contribution in [0, 0.1) is 0 Å². The minimum Gasteiger partial charge on any atom is -0.393 e. The number of hydrogen-bond donors (Lipinski definition) is 2. The van der Waals surface area contributed by atoms with Crippen molar-refractivity contribution in [2.24, 2.45) is 0 Å². The van der Waals surface area contributed by atoms with Gasteiger partial charge in [-0.2, -0.15) is 30.6 Å². The van der Waals surface area contributed by atoms with E-state index in [-0.39, 0.29) is 66.7 Å². The Morgan fingerprint density at radius 1 is 0.953 bits per heavy atom. The summed E-state index contributed by atoms with van der Waals surface area (Å²) in [5, 5.41) is 20.1. The van der Waals surface area contributed by atoms with Crippen LogP contribution in [0.25, 0.3) is 0 Å². The zero-order valence-electron chi connectivity index (χ0n) is 22.2. The highest BCUT2D eigenvalue weighted by Gasteiger charge is 2.71. The first-order valence-electron chi connectivity index (χ1n) is 13.1. The first-order valence-corrected chi connectivity index (χ1v) is 14.9.